The molecule has 388 valence electrons. The van der Waals surface area contributed by atoms with E-state index in [9.17, 15) is 53.8 Å². The number of rotatable bonds is 22. The normalized spacial score (nSPS) is 13.2. The molecule has 0 saturated heterocycles. The lowest BCUT2D eigenvalue weighted by atomic mass is 9.87. The molecule has 0 spiro atoms. The molecule has 6 atom stereocenters. The molecule has 4 aromatic rings. The van der Waals surface area contributed by atoms with Crippen molar-refractivity contribution in [2.45, 2.75) is 104 Å². The summed E-state index contributed by atoms with van der Waals surface area (Å²) < 4.78 is 11.4. The van der Waals surface area contributed by atoms with Gasteiger partial charge in [-0.15, -0.1) is 24.7 Å². The number of nitrogens with one attached hydrogen (secondary N) is 6. The van der Waals surface area contributed by atoms with E-state index in [1.165, 1.54) is 52.0 Å². The standard InChI is InChI=1S/C53H58N8O13/c1-11-13-41(35-15-19-37(20-16-35)58-49(64)31(7)54-51(66)47(29(3)4)56-33(9)62)43-27-39(60(69)70)23-25-45(43)73-53(68)74-46-26-24-40(61(71)72)28-44(46)42(14-12-2)36-17-21-38(22-18-36)59-50(65)32(8)55-52(67)48(30(5)6)57-34(10)63/h1-2,15-32,41-42,47-48H,13-14H2,3-10H3,(H,54,66)(H,55,67)(H,56,62)(H,57,63)(H,58,64)(H,59,65)/t31-,32-,41?,42?,47-,48-/m0/s1. The summed E-state index contributed by atoms with van der Waals surface area (Å²) in [4.78, 5) is 112. The average Bonchev–Trinajstić information content (AvgIpc) is 3.33. The summed E-state index contributed by atoms with van der Waals surface area (Å²) >= 11 is 0. The highest BCUT2D eigenvalue weighted by molar-refractivity contribution is 5.99. The van der Waals surface area contributed by atoms with Crippen LogP contribution in [-0.2, 0) is 28.8 Å². The molecule has 0 fully saturated rings. The van der Waals surface area contributed by atoms with Crippen LogP contribution < -0.4 is 41.4 Å². The van der Waals surface area contributed by atoms with E-state index in [1.54, 1.807) is 76.2 Å². The number of ether oxygens (including phenoxy) is 2. The maximum Gasteiger partial charge on any atom is 0.519 e. The maximum absolute atomic E-state index is 13.8. The lowest BCUT2D eigenvalue weighted by molar-refractivity contribution is -0.385. The van der Waals surface area contributed by atoms with Crippen molar-refractivity contribution in [2.24, 2.45) is 11.8 Å². The predicted molar refractivity (Wildman–Crippen MR) is 274 cm³/mol. The molecule has 0 aliphatic heterocycles. The third-order valence-corrected chi connectivity index (χ3v) is 11.5. The van der Waals surface area contributed by atoms with Crippen molar-refractivity contribution in [2.75, 3.05) is 10.6 Å². The van der Waals surface area contributed by atoms with Crippen LogP contribution in [0.1, 0.15) is 102 Å². The van der Waals surface area contributed by atoms with E-state index in [0.717, 1.165) is 12.1 Å². The molecule has 0 saturated carbocycles. The zero-order valence-corrected chi connectivity index (χ0v) is 42.0. The molecule has 4 aromatic carbocycles. The van der Waals surface area contributed by atoms with Crippen molar-refractivity contribution in [3.8, 4) is 36.2 Å². The molecule has 21 nitrogen and oxygen atoms in total. The van der Waals surface area contributed by atoms with Crippen LogP contribution in [0, 0.1) is 56.8 Å². The lowest BCUT2D eigenvalue weighted by Gasteiger charge is -2.23. The molecule has 0 bridgehead atoms. The van der Waals surface area contributed by atoms with Gasteiger partial charge in [0, 0.05) is 85.3 Å². The van der Waals surface area contributed by atoms with Gasteiger partial charge in [-0.1, -0.05) is 52.0 Å². The van der Waals surface area contributed by atoms with E-state index in [2.05, 4.69) is 43.7 Å². The number of carbonyl (C=O) groups is 7. The quantitative estimate of drug-likeness (QED) is 0.0159. The van der Waals surface area contributed by atoms with Crippen LogP contribution in [0.4, 0.5) is 27.5 Å². The summed E-state index contributed by atoms with van der Waals surface area (Å²) in [5.41, 5.74) is 1.14. The fourth-order valence-corrected chi connectivity index (χ4v) is 7.62. The minimum absolute atomic E-state index is 0.0519. The fraction of sp³-hybridized carbons (Fsp3) is 0.340. The molecule has 0 aliphatic carbocycles. The van der Waals surface area contributed by atoms with Gasteiger partial charge in [0.15, 0.2) is 0 Å². The van der Waals surface area contributed by atoms with Crippen LogP contribution in [0.15, 0.2) is 84.9 Å². The van der Waals surface area contributed by atoms with Crippen molar-refractivity contribution in [1.29, 1.82) is 0 Å². The van der Waals surface area contributed by atoms with Crippen LogP contribution in [0.5, 0.6) is 11.5 Å². The van der Waals surface area contributed by atoms with Crippen LogP contribution in [0.25, 0.3) is 0 Å². The van der Waals surface area contributed by atoms with E-state index in [1.807, 2.05) is 0 Å². The van der Waals surface area contributed by atoms with Crippen molar-refractivity contribution >= 4 is 64.3 Å². The first kappa shape index (κ1) is 57.5. The number of nitro groups is 2. The number of hydrogen-bond donors (Lipinski definition) is 6. The van der Waals surface area contributed by atoms with Crippen molar-refractivity contribution in [3.63, 3.8) is 0 Å². The Morgan fingerprint density at radius 3 is 1.15 bits per heavy atom. The molecule has 74 heavy (non-hydrogen) atoms. The van der Waals surface area contributed by atoms with Gasteiger partial charge >= 0.3 is 6.16 Å². The first-order valence-electron chi connectivity index (χ1n) is 23.2. The molecular weight excluding hydrogens is 957 g/mol. The van der Waals surface area contributed by atoms with Gasteiger partial charge in [0.05, 0.1) is 9.85 Å². The Balaban J connectivity index is 1.59. The van der Waals surface area contributed by atoms with Crippen LogP contribution in [0.3, 0.4) is 0 Å². The molecule has 0 radical (unpaired) electrons. The van der Waals surface area contributed by atoms with Crippen molar-refractivity contribution in [1.82, 2.24) is 21.3 Å². The Hall–Kier alpha value is -9.11. The Labute approximate surface area is 427 Å². The minimum atomic E-state index is -1.33. The molecule has 0 heterocycles. The van der Waals surface area contributed by atoms with Crippen molar-refractivity contribution in [3.05, 3.63) is 127 Å². The van der Waals surface area contributed by atoms with Crippen LogP contribution in [0.2, 0.25) is 0 Å². The molecule has 6 amide bonds. The summed E-state index contributed by atoms with van der Waals surface area (Å²) in [7, 11) is 0. The highest BCUT2D eigenvalue weighted by Gasteiger charge is 2.30. The van der Waals surface area contributed by atoms with E-state index in [4.69, 9.17) is 22.3 Å². The highest BCUT2D eigenvalue weighted by Crippen LogP contribution is 2.40. The summed E-state index contributed by atoms with van der Waals surface area (Å²) in [5.74, 6) is -0.477. The number of amides is 6. The maximum atomic E-state index is 13.8. The van der Waals surface area contributed by atoms with E-state index < -0.39 is 87.4 Å². The number of non-ortho nitro benzene ring substituents is 2. The zero-order chi connectivity index (χ0) is 55.0. The van der Waals surface area contributed by atoms with E-state index in [0.29, 0.717) is 22.5 Å². The van der Waals surface area contributed by atoms with Crippen molar-refractivity contribution < 1.29 is 52.9 Å². The summed E-state index contributed by atoms with van der Waals surface area (Å²) in [6, 6.07) is 15.8. The average molecular weight is 1020 g/mol. The number of terminal acetylenes is 2. The Kier molecular flexibility index (Phi) is 20.5. The van der Waals surface area contributed by atoms with Gasteiger partial charge in [0.2, 0.25) is 35.4 Å². The third-order valence-electron chi connectivity index (χ3n) is 11.5. The molecule has 6 N–H and O–H groups in total. The van der Waals surface area contributed by atoms with Gasteiger partial charge < -0.3 is 41.4 Å². The SMILES string of the molecule is C#CCC(c1ccc(NC(=O)[C@H](C)NC(=O)[C@@H](NC(C)=O)C(C)C)cc1)c1cc([N+](=O)[O-])ccc1OC(=O)Oc1ccc([N+](=O)[O-])cc1C(CC#C)c1ccc(NC(=O)[C@H](C)NC(=O)[C@@H](NC(C)=O)C(C)C)cc1. The third kappa shape index (κ3) is 16.0. The van der Waals surface area contributed by atoms with Gasteiger partial charge in [-0.25, -0.2) is 4.79 Å². The van der Waals surface area contributed by atoms with Crippen LogP contribution in [-0.4, -0.2) is 75.6 Å². The van der Waals surface area contributed by atoms with E-state index >= 15 is 0 Å². The molecular formula is C53H58N8O13. The second-order valence-electron chi connectivity index (χ2n) is 17.9. The molecule has 0 aliphatic rings. The second kappa shape index (κ2) is 26.4. The summed E-state index contributed by atoms with van der Waals surface area (Å²) in [5, 5.41) is 39.8. The van der Waals surface area contributed by atoms with Gasteiger partial charge in [-0.3, -0.25) is 49.0 Å². The largest absolute Gasteiger partial charge is 0.519 e. The highest BCUT2D eigenvalue weighted by atomic mass is 16.7. The summed E-state index contributed by atoms with van der Waals surface area (Å²) in [6.45, 7) is 12.5. The number of carbonyl (C=O) groups excluding carboxylic acids is 7. The van der Waals surface area contributed by atoms with Gasteiger partial charge in [-0.2, -0.15) is 0 Å². The lowest BCUT2D eigenvalue weighted by Crippen LogP contribution is -2.53. The number of benzene rings is 4. The topological polar surface area (TPSA) is 296 Å². The van der Waals surface area contributed by atoms with Crippen LogP contribution >= 0.6 is 0 Å². The Morgan fingerprint density at radius 1 is 0.527 bits per heavy atom. The number of hydrogen-bond acceptors (Lipinski definition) is 13. The monoisotopic (exact) mass is 1010 g/mol. The molecule has 2 unspecified atom stereocenters. The molecule has 4 rings (SSSR count). The summed E-state index contributed by atoms with van der Waals surface area (Å²) in [6.07, 6.45) is 10.1. The zero-order valence-electron chi connectivity index (χ0n) is 42.0. The predicted octanol–water partition coefficient (Wildman–Crippen LogP) is 6.60. The van der Waals surface area contributed by atoms with E-state index in [-0.39, 0.29) is 58.7 Å². The molecule has 21 heteroatoms. The first-order chi connectivity index (χ1) is 34.9. The number of nitrogens with zero attached hydrogens (tertiary/aromatic N) is 2. The fourth-order valence-electron chi connectivity index (χ4n) is 7.62. The molecule has 0 aromatic heterocycles. The number of nitro benzene ring substituents is 2. The van der Waals surface area contributed by atoms with Gasteiger partial charge in [0.25, 0.3) is 11.4 Å². The smallest absolute Gasteiger partial charge is 0.394 e. The van der Waals surface area contributed by atoms with Gasteiger partial charge in [0.1, 0.15) is 35.7 Å². The Bertz CT molecular complexity index is 2660. The first-order valence-corrected chi connectivity index (χ1v) is 23.2. The minimum Gasteiger partial charge on any atom is -0.394 e. The second-order valence-corrected chi connectivity index (χ2v) is 17.9. The Morgan fingerprint density at radius 2 is 0.865 bits per heavy atom. The van der Waals surface area contributed by atoms with Gasteiger partial charge in [-0.05, 0) is 73.2 Å². The number of anilines is 2.